The fourth-order valence-corrected chi connectivity index (χ4v) is 3.67. The summed E-state index contributed by atoms with van der Waals surface area (Å²) in [5, 5.41) is 3.89. The highest BCUT2D eigenvalue weighted by atomic mass is 32.2. The van der Waals surface area contributed by atoms with Crippen molar-refractivity contribution < 1.29 is 17.4 Å². The molecule has 3 aromatic heterocycles. The minimum atomic E-state index is -3.49. The van der Waals surface area contributed by atoms with Crippen LogP contribution in [-0.4, -0.2) is 23.5 Å². The lowest BCUT2D eigenvalue weighted by Crippen LogP contribution is -2.03. The summed E-state index contributed by atoms with van der Waals surface area (Å²) in [4.78, 5) is 8.51. The molecule has 0 saturated heterocycles. The highest BCUT2D eigenvalue weighted by Crippen LogP contribution is 2.25. The van der Waals surface area contributed by atoms with E-state index in [4.69, 9.17) is 8.94 Å². The van der Waals surface area contributed by atoms with Gasteiger partial charge in [-0.05, 0) is 36.4 Å². The Morgan fingerprint density at radius 1 is 0.962 bits per heavy atom. The van der Waals surface area contributed by atoms with Crippen LogP contribution in [0.5, 0.6) is 0 Å². The first-order valence-corrected chi connectivity index (χ1v) is 9.38. The maximum Gasteiger partial charge on any atom is 0.293 e. The van der Waals surface area contributed by atoms with Crippen LogP contribution in [-0.2, 0) is 15.6 Å². The molecule has 0 atom stereocenters. The van der Waals surface area contributed by atoms with E-state index in [0.29, 0.717) is 22.9 Å². The molecule has 7 nitrogen and oxygen atoms in total. The molecule has 0 unspecified atom stereocenters. The smallest absolute Gasteiger partial charge is 0.293 e. The molecule has 0 saturated carbocycles. The average molecular weight is 367 g/mol. The Morgan fingerprint density at radius 3 is 2.58 bits per heavy atom. The van der Waals surface area contributed by atoms with E-state index < -0.39 is 9.84 Å². The number of rotatable bonds is 5. The lowest BCUT2D eigenvalue weighted by Gasteiger charge is -2.01. The van der Waals surface area contributed by atoms with Crippen molar-refractivity contribution in [2.75, 3.05) is 0 Å². The molecule has 26 heavy (non-hydrogen) atoms. The van der Waals surface area contributed by atoms with Gasteiger partial charge in [0.25, 0.3) is 5.89 Å². The van der Waals surface area contributed by atoms with Crippen molar-refractivity contribution in [1.82, 2.24) is 15.1 Å². The molecular weight excluding hydrogens is 354 g/mol. The Hall–Kier alpha value is -3.26. The molecule has 3 heterocycles. The Bertz CT molecular complexity index is 1120. The first-order chi connectivity index (χ1) is 12.6. The van der Waals surface area contributed by atoms with E-state index in [1.807, 2.05) is 6.07 Å². The number of furan rings is 1. The summed E-state index contributed by atoms with van der Waals surface area (Å²) in [6.45, 7) is 0. The minimum Gasteiger partial charge on any atom is -0.455 e. The third-order valence-electron chi connectivity index (χ3n) is 3.65. The van der Waals surface area contributed by atoms with Crippen LogP contribution >= 0.6 is 0 Å². The molecule has 1 aromatic carbocycles. The molecule has 0 spiro atoms. The quantitative estimate of drug-likeness (QED) is 0.533. The number of benzene rings is 1. The van der Waals surface area contributed by atoms with Crippen molar-refractivity contribution in [1.29, 1.82) is 0 Å². The van der Waals surface area contributed by atoms with Crippen LogP contribution in [0.2, 0.25) is 0 Å². The number of pyridine rings is 1. The molecule has 8 heteroatoms. The maximum atomic E-state index is 12.4. The predicted octanol–water partition coefficient (Wildman–Crippen LogP) is 3.37. The van der Waals surface area contributed by atoms with Crippen molar-refractivity contribution >= 4 is 9.84 Å². The van der Waals surface area contributed by atoms with Crippen molar-refractivity contribution in [3.8, 4) is 23.0 Å². The molecule has 4 rings (SSSR count). The fourth-order valence-electron chi connectivity index (χ4n) is 2.40. The zero-order valence-corrected chi connectivity index (χ0v) is 14.3. The number of hydrogen-bond donors (Lipinski definition) is 0. The molecule has 0 radical (unpaired) electrons. The molecule has 0 aliphatic rings. The van der Waals surface area contributed by atoms with Crippen LogP contribution in [0.15, 0.2) is 80.8 Å². The Morgan fingerprint density at radius 2 is 1.81 bits per heavy atom. The van der Waals surface area contributed by atoms with E-state index in [1.54, 1.807) is 60.9 Å². The molecule has 0 bridgehead atoms. The van der Waals surface area contributed by atoms with E-state index >= 15 is 0 Å². The largest absolute Gasteiger partial charge is 0.455 e. The van der Waals surface area contributed by atoms with Crippen molar-refractivity contribution in [2.24, 2.45) is 0 Å². The second-order valence-corrected chi connectivity index (χ2v) is 7.49. The van der Waals surface area contributed by atoms with Gasteiger partial charge in [0.05, 0.1) is 4.90 Å². The topological polar surface area (TPSA) is 99.1 Å². The first kappa shape index (κ1) is 16.2. The molecule has 0 N–H and O–H groups in total. The van der Waals surface area contributed by atoms with Gasteiger partial charge in [-0.15, -0.1) is 0 Å². The Balaban J connectivity index is 1.57. The second-order valence-electron chi connectivity index (χ2n) is 5.50. The van der Waals surface area contributed by atoms with Gasteiger partial charge >= 0.3 is 0 Å². The SMILES string of the molecule is O=S(=O)(Cc1ccc(-c2nc(-c3cccnc3)no2)o1)c1ccccc1. The predicted molar refractivity (Wildman–Crippen MR) is 92.6 cm³/mol. The molecule has 0 fully saturated rings. The van der Waals surface area contributed by atoms with E-state index in [-0.39, 0.29) is 16.5 Å². The summed E-state index contributed by atoms with van der Waals surface area (Å²) in [5.41, 5.74) is 0.709. The van der Waals surface area contributed by atoms with Gasteiger partial charge in [0.15, 0.2) is 15.6 Å². The zero-order chi connectivity index (χ0) is 18.0. The molecular formula is C18H13N3O4S. The van der Waals surface area contributed by atoms with Crippen LogP contribution in [0.1, 0.15) is 5.76 Å². The third-order valence-corrected chi connectivity index (χ3v) is 5.31. The third kappa shape index (κ3) is 3.27. The van der Waals surface area contributed by atoms with Crippen LogP contribution in [0, 0.1) is 0 Å². The van der Waals surface area contributed by atoms with Crippen molar-refractivity contribution in [3.63, 3.8) is 0 Å². The minimum absolute atomic E-state index is 0.173. The Kier molecular flexibility index (Phi) is 4.10. The van der Waals surface area contributed by atoms with Gasteiger partial charge in [-0.2, -0.15) is 4.98 Å². The highest BCUT2D eigenvalue weighted by Gasteiger charge is 2.19. The molecule has 130 valence electrons. The van der Waals surface area contributed by atoms with E-state index in [2.05, 4.69) is 15.1 Å². The average Bonchev–Trinajstić information content (AvgIpc) is 3.32. The van der Waals surface area contributed by atoms with Crippen LogP contribution < -0.4 is 0 Å². The first-order valence-electron chi connectivity index (χ1n) is 7.73. The molecule has 0 aliphatic carbocycles. The normalized spacial score (nSPS) is 11.5. The van der Waals surface area contributed by atoms with Gasteiger partial charge < -0.3 is 8.94 Å². The van der Waals surface area contributed by atoms with E-state index in [0.717, 1.165) is 0 Å². The van der Waals surface area contributed by atoms with Crippen molar-refractivity contribution in [3.05, 3.63) is 72.8 Å². The lowest BCUT2D eigenvalue weighted by atomic mass is 10.3. The number of hydrogen-bond acceptors (Lipinski definition) is 7. The summed E-state index contributed by atoms with van der Waals surface area (Å²) in [7, 11) is -3.49. The number of nitrogens with zero attached hydrogens (tertiary/aromatic N) is 3. The fraction of sp³-hybridized carbons (Fsp3) is 0.0556. The van der Waals surface area contributed by atoms with Crippen LogP contribution in [0.3, 0.4) is 0 Å². The van der Waals surface area contributed by atoms with Gasteiger partial charge in [-0.1, -0.05) is 23.4 Å². The molecule has 4 aromatic rings. The maximum absolute atomic E-state index is 12.4. The van der Waals surface area contributed by atoms with Gasteiger partial charge in [-0.3, -0.25) is 4.98 Å². The molecule has 0 aliphatic heterocycles. The Labute approximate surface area is 149 Å². The van der Waals surface area contributed by atoms with Crippen LogP contribution in [0.25, 0.3) is 23.0 Å². The number of aromatic nitrogens is 3. The zero-order valence-electron chi connectivity index (χ0n) is 13.4. The van der Waals surface area contributed by atoms with Gasteiger partial charge in [0.1, 0.15) is 11.5 Å². The summed E-state index contributed by atoms with van der Waals surface area (Å²) < 4.78 is 35.6. The highest BCUT2D eigenvalue weighted by molar-refractivity contribution is 7.90. The van der Waals surface area contributed by atoms with Crippen LogP contribution in [0.4, 0.5) is 0 Å². The summed E-state index contributed by atoms with van der Waals surface area (Å²) in [6, 6.07) is 15.0. The van der Waals surface area contributed by atoms with Crippen molar-refractivity contribution in [2.45, 2.75) is 10.6 Å². The van der Waals surface area contributed by atoms with Gasteiger partial charge in [0.2, 0.25) is 5.82 Å². The lowest BCUT2D eigenvalue weighted by molar-refractivity contribution is 0.413. The molecule has 0 amide bonds. The summed E-state index contributed by atoms with van der Waals surface area (Å²) in [6.07, 6.45) is 3.27. The van der Waals surface area contributed by atoms with Gasteiger partial charge in [0, 0.05) is 18.0 Å². The standard InChI is InChI=1S/C18H13N3O4S/c22-26(23,15-6-2-1-3-7-15)12-14-8-9-16(24-14)18-20-17(21-25-18)13-5-4-10-19-11-13/h1-11H,12H2. The van der Waals surface area contributed by atoms with Gasteiger partial charge in [-0.25, -0.2) is 8.42 Å². The monoisotopic (exact) mass is 367 g/mol. The second kappa shape index (κ2) is 6.57. The van der Waals surface area contributed by atoms with E-state index in [1.165, 1.54) is 0 Å². The summed E-state index contributed by atoms with van der Waals surface area (Å²) in [5.74, 6) is 0.909. The van der Waals surface area contributed by atoms with E-state index in [9.17, 15) is 8.42 Å². The number of sulfone groups is 1. The summed E-state index contributed by atoms with van der Waals surface area (Å²) >= 11 is 0.